The maximum Gasteiger partial charge on any atom is 0.224 e. The van der Waals surface area contributed by atoms with Gasteiger partial charge in [-0.3, -0.25) is 4.79 Å². The topological polar surface area (TPSA) is 32.3 Å². The lowest BCUT2D eigenvalue weighted by Gasteiger charge is -2.28. The first-order valence-corrected chi connectivity index (χ1v) is 9.43. The van der Waals surface area contributed by atoms with E-state index in [0.29, 0.717) is 5.92 Å². The van der Waals surface area contributed by atoms with E-state index < -0.39 is 0 Å². The third-order valence-corrected chi connectivity index (χ3v) is 6.20. The number of anilines is 2. The van der Waals surface area contributed by atoms with Crippen LogP contribution < -0.4 is 10.2 Å². The number of piperidine rings is 1. The van der Waals surface area contributed by atoms with Gasteiger partial charge in [0.15, 0.2) is 0 Å². The van der Waals surface area contributed by atoms with Gasteiger partial charge in [0.1, 0.15) is 0 Å². The molecule has 1 N–H and O–H groups in total. The van der Waals surface area contributed by atoms with Crippen molar-refractivity contribution in [1.29, 1.82) is 0 Å². The zero-order valence-corrected chi connectivity index (χ0v) is 14.0. The normalized spacial score (nSPS) is 29.7. The highest BCUT2D eigenvalue weighted by Gasteiger charge is 2.40. The summed E-state index contributed by atoms with van der Waals surface area (Å²) in [6.45, 7) is 2.33. The summed E-state index contributed by atoms with van der Waals surface area (Å²) in [6.07, 6.45) is 10.1. The Morgan fingerprint density at radius 3 is 2.48 bits per heavy atom. The molecule has 4 rings (SSSR count). The molecule has 1 aromatic rings. The van der Waals surface area contributed by atoms with E-state index in [1.807, 2.05) is 0 Å². The van der Waals surface area contributed by atoms with Crippen LogP contribution in [-0.4, -0.2) is 19.0 Å². The number of nitrogens with one attached hydrogen (secondary N) is 1. The highest BCUT2D eigenvalue weighted by Crippen LogP contribution is 2.49. The number of fused-ring (bicyclic) bond motifs is 2. The Morgan fingerprint density at radius 2 is 1.83 bits per heavy atom. The molecule has 0 unspecified atom stereocenters. The van der Waals surface area contributed by atoms with E-state index in [1.54, 1.807) is 0 Å². The minimum atomic E-state index is 0.202. The first-order chi connectivity index (χ1) is 11.3. The van der Waals surface area contributed by atoms with E-state index in [-0.39, 0.29) is 5.91 Å². The van der Waals surface area contributed by atoms with Crippen LogP contribution in [0.2, 0.25) is 0 Å². The summed E-state index contributed by atoms with van der Waals surface area (Å²) in [5.74, 6) is 2.59. The van der Waals surface area contributed by atoms with Gasteiger partial charge in [0, 0.05) is 30.9 Å². The van der Waals surface area contributed by atoms with Crippen molar-refractivity contribution < 1.29 is 4.79 Å². The number of hydrogen-bond acceptors (Lipinski definition) is 2. The van der Waals surface area contributed by atoms with Gasteiger partial charge in [-0.05, 0) is 80.5 Å². The highest BCUT2D eigenvalue weighted by atomic mass is 16.1. The standard InChI is InChI=1S/C20H28N2O/c23-20(14-17-13-15-4-5-16(17)12-15)21-18-6-8-19(9-7-18)22-10-2-1-3-11-22/h6-9,15-17H,1-5,10-14H2,(H,21,23)/t15-,16+,17-/m0/s1. The lowest BCUT2D eigenvalue weighted by Crippen LogP contribution is -2.29. The molecule has 1 amide bonds. The maximum absolute atomic E-state index is 12.3. The van der Waals surface area contributed by atoms with Gasteiger partial charge >= 0.3 is 0 Å². The van der Waals surface area contributed by atoms with Gasteiger partial charge in [0.25, 0.3) is 0 Å². The van der Waals surface area contributed by atoms with Crippen LogP contribution in [0.25, 0.3) is 0 Å². The van der Waals surface area contributed by atoms with Crippen LogP contribution in [0.15, 0.2) is 24.3 Å². The van der Waals surface area contributed by atoms with Gasteiger partial charge < -0.3 is 10.2 Å². The zero-order valence-electron chi connectivity index (χ0n) is 14.0. The number of rotatable bonds is 4. The van der Waals surface area contributed by atoms with Crippen molar-refractivity contribution in [1.82, 2.24) is 0 Å². The lowest BCUT2D eigenvalue weighted by atomic mass is 9.86. The number of carbonyl (C=O) groups excluding carboxylic acids is 1. The van der Waals surface area contributed by atoms with E-state index in [1.165, 1.54) is 50.6 Å². The SMILES string of the molecule is O=C(C[C@@H]1C[C@H]2CC[C@@H]1C2)Nc1ccc(N2CCCCC2)cc1. The molecule has 23 heavy (non-hydrogen) atoms. The predicted molar refractivity (Wildman–Crippen MR) is 94.7 cm³/mol. The molecule has 3 aliphatic rings. The second-order valence-corrected chi connectivity index (χ2v) is 7.78. The van der Waals surface area contributed by atoms with Crippen molar-refractivity contribution in [3.05, 3.63) is 24.3 Å². The molecule has 3 atom stereocenters. The molecule has 2 aliphatic carbocycles. The van der Waals surface area contributed by atoms with Crippen molar-refractivity contribution >= 4 is 17.3 Å². The largest absolute Gasteiger partial charge is 0.372 e. The second kappa shape index (κ2) is 6.54. The average molecular weight is 312 g/mol. The predicted octanol–water partition coefficient (Wildman–Crippen LogP) is 4.44. The third-order valence-electron chi connectivity index (χ3n) is 6.20. The second-order valence-electron chi connectivity index (χ2n) is 7.78. The maximum atomic E-state index is 12.3. The minimum absolute atomic E-state index is 0.202. The van der Waals surface area contributed by atoms with Gasteiger partial charge in [-0.1, -0.05) is 6.42 Å². The molecule has 0 spiro atoms. The number of nitrogens with zero attached hydrogens (tertiary/aromatic N) is 1. The summed E-state index contributed by atoms with van der Waals surface area (Å²) in [6, 6.07) is 8.42. The van der Waals surface area contributed by atoms with E-state index in [0.717, 1.165) is 37.0 Å². The van der Waals surface area contributed by atoms with Crippen LogP contribution in [0, 0.1) is 17.8 Å². The minimum Gasteiger partial charge on any atom is -0.372 e. The molecule has 1 heterocycles. The third kappa shape index (κ3) is 3.39. The fraction of sp³-hybridized carbons (Fsp3) is 0.650. The van der Waals surface area contributed by atoms with E-state index in [9.17, 15) is 4.79 Å². The van der Waals surface area contributed by atoms with Gasteiger partial charge in [0.2, 0.25) is 5.91 Å². The van der Waals surface area contributed by atoms with Crippen LogP contribution in [0.3, 0.4) is 0 Å². The fourth-order valence-corrected chi connectivity index (χ4v) is 4.98. The monoisotopic (exact) mass is 312 g/mol. The summed E-state index contributed by atoms with van der Waals surface area (Å²) in [5, 5.41) is 3.10. The molecule has 1 aliphatic heterocycles. The Balaban J connectivity index is 1.30. The molecular formula is C20H28N2O. The molecule has 3 heteroatoms. The highest BCUT2D eigenvalue weighted by molar-refractivity contribution is 5.91. The summed E-state index contributed by atoms with van der Waals surface area (Å²) in [4.78, 5) is 14.8. The van der Waals surface area contributed by atoms with Crippen LogP contribution in [0.4, 0.5) is 11.4 Å². The molecule has 0 radical (unpaired) electrons. The lowest BCUT2D eigenvalue weighted by molar-refractivity contribution is -0.117. The molecule has 3 nitrogen and oxygen atoms in total. The zero-order chi connectivity index (χ0) is 15.6. The molecule has 0 aromatic heterocycles. The van der Waals surface area contributed by atoms with Gasteiger partial charge in [-0.25, -0.2) is 0 Å². The summed E-state index contributed by atoms with van der Waals surface area (Å²) < 4.78 is 0. The molecule has 3 fully saturated rings. The Kier molecular flexibility index (Phi) is 4.28. The van der Waals surface area contributed by atoms with Crippen molar-refractivity contribution in [3.8, 4) is 0 Å². The van der Waals surface area contributed by atoms with Crippen LogP contribution >= 0.6 is 0 Å². The van der Waals surface area contributed by atoms with Crippen molar-refractivity contribution in [2.75, 3.05) is 23.3 Å². The van der Waals surface area contributed by atoms with E-state index >= 15 is 0 Å². The Labute approximate surface area is 139 Å². The van der Waals surface area contributed by atoms with Crippen LogP contribution in [0.1, 0.15) is 51.4 Å². The van der Waals surface area contributed by atoms with Crippen LogP contribution in [-0.2, 0) is 4.79 Å². The molecule has 2 saturated carbocycles. The molecule has 2 bridgehead atoms. The van der Waals surface area contributed by atoms with Gasteiger partial charge in [-0.15, -0.1) is 0 Å². The fourth-order valence-electron chi connectivity index (χ4n) is 4.98. The first-order valence-electron chi connectivity index (χ1n) is 9.43. The first kappa shape index (κ1) is 15.0. The molecular weight excluding hydrogens is 284 g/mol. The number of amides is 1. The van der Waals surface area contributed by atoms with Gasteiger partial charge in [0.05, 0.1) is 0 Å². The number of hydrogen-bond donors (Lipinski definition) is 1. The average Bonchev–Trinajstić information content (AvgIpc) is 3.19. The van der Waals surface area contributed by atoms with Gasteiger partial charge in [-0.2, -0.15) is 0 Å². The Morgan fingerprint density at radius 1 is 1.04 bits per heavy atom. The quantitative estimate of drug-likeness (QED) is 0.891. The summed E-state index contributed by atoms with van der Waals surface area (Å²) in [5.41, 5.74) is 2.23. The number of benzene rings is 1. The summed E-state index contributed by atoms with van der Waals surface area (Å²) >= 11 is 0. The Hall–Kier alpha value is -1.51. The van der Waals surface area contributed by atoms with E-state index in [2.05, 4.69) is 34.5 Å². The van der Waals surface area contributed by atoms with Crippen molar-refractivity contribution in [3.63, 3.8) is 0 Å². The smallest absolute Gasteiger partial charge is 0.224 e. The van der Waals surface area contributed by atoms with Crippen molar-refractivity contribution in [2.45, 2.75) is 51.4 Å². The molecule has 1 saturated heterocycles. The molecule has 1 aromatic carbocycles. The Bertz CT molecular complexity index is 547. The van der Waals surface area contributed by atoms with Crippen LogP contribution in [0.5, 0.6) is 0 Å². The van der Waals surface area contributed by atoms with Crippen molar-refractivity contribution in [2.24, 2.45) is 17.8 Å². The summed E-state index contributed by atoms with van der Waals surface area (Å²) in [7, 11) is 0. The molecule has 124 valence electrons. The van der Waals surface area contributed by atoms with E-state index in [4.69, 9.17) is 0 Å². The number of carbonyl (C=O) groups is 1.